The van der Waals surface area contributed by atoms with Gasteiger partial charge in [-0.1, -0.05) is 18.7 Å². The van der Waals surface area contributed by atoms with Crippen LogP contribution in [0.3, 0.4) is 0 Å². The largest absolute Gasteiger partial charge is 0.497 e. The first-order valence-electron chi connectivity index (χ1n) is 11.4. The highest BCUT2D eigenvalue weighted by atomic mass is 32.2. The number of ether oxygens (including phenoxy) is 2. The molecule has 2 bridgehead atoms. The van der Waals surface area contributed by atoms with Crippen molar-refractivity contribution >= 4 is 35.2 Å². The number of amides is 2. The number of carbonyl (C=O) groups is 3. The van der Waals surface area contributed by atoms with Gasteiger partial charge in [0.1, 0.15) is 18.4 Å². The fraction of sp³-hybridized carbons (Fsp3) is 0.480. The number of carbonyl (C=O) groups excluding carboxylic acids is 3. The van der Waals surface area contributed by atoms with Crippen molar-refractivity contribution in [3.63, 3.8) is 0 Å². The maximum Gasteiger partial charge on any atom is 0.311 e. The van der Waals surface area contributed by atoms with Crippen LogP contribution in [0.4, 0.5) is 5.69 Å². The van der Waals surface area contributed by atoms with E-state index in [4.69, 9.17) is 9.47 Å². The van der Waals surface area contributed by atoms with Gasteiger partial charge in [0.25, 0.3) is 5.91 Å². The first kappa shape index (κ1) is 24.3. The molecular weight excluding hydrogens is 456 g/mol. The number of likely N-dealkylation sites (tertiary alicyclic amines) is 1. The molecule has 3 saturated heterocycles. The molecule has 5 atom stereocenters. The van der Waals surface area contributed by atoms with Gasteiger partial charge in [0, 0.05) is 24.0 Å². The van der Waals surface area contributed by atoms with E-state index in [0.717, 1.165) is 6.42 Å². The molecule has 0 aliphatic carbocycles. The van der Waals surface area contributed by atoms with E-state index in [1.165, 1.54) is 11.0 Å². The monoisotopic (exact) mass is 486 g/mol. The smallest absolute Gasteiger partial charge is 0.311 e. The van der Waals surface area contributed by atoms with Crippen LogP contribution < -0.4 is 9.64 Å². The zero-order valence-electron chi connectivity index (χ0n) is 19.2. The second-order valence-corrected chi connectivity index (χ2v) is 10.3. The summed E-state index contributed by atoms with van der Waals surface area (Å²) >= 11 is 1.56. The van der Waals surface area contributed by atoms with E-state index in [1.807, 2.05) is 0 Å². The molecule has 9 heteroatoms. The lowest BCUT2D eigenvalue weighted by Crippen LogP contribution is -2.55. The molecule has 8 nitrogen and oxygen atoms in total. The van der Waals surface area contributed by atoms with Gasteiger partial charge in [-0.15, -0.1) is 18.3 Å². The molecule has 2 unspecified atom stereocenters. The zero-order valence-corrected chi connectivity index (χ0v) is 20.0. The summed E-state index contributed by atoms with van der Waals surface area (Å²) in [6.45, 7) is 7.46. The van der Waals surface area contributed by atoms with Gasteiger partial charge in [0.15, 0.2) is 0 Å². The van der Waals surface area contributed by atoms with Crippen LogP contribution in [-0.4, -0.2) is 77.2 Å². The Morgan fingerprint density at radius 1 is 1.29 bits per heavy atom. The minimum absolute atomic E-state index is 0.0255. The number of β-amino-alcohol motifs (C(OH)–C–C–N with tert-alkyl or cyclic N) is 1. The molecule has 182 valence electrons. The van der Waals surface area contributed by atoms with E-state index in [2.05, 4.69) is 13.2 Å². The van der Waals surface area contributed by atoms with Crippen molar-refractivity contribution < 1.29 is 29.0 Å². The molecular formula is C25H30N2O6S. The molecule has 2 amide bonds. The molecule has 1 spiro atoms. The normalized spacial score (nSPS) is 29.0. The highest BCUT2D eigenvalue weighted by Gasteiger charge is 2.74. The number of nitrogens with zero attached hydrogens (tertiary/aromatic N) is 2. The fourth-order valence-corrected chi connectivity index (χ4v) is 7.85. The summed E-state index contributed by atoms with van der Waals surface area (Å²) in [4.78, 5) is 43.7. The third-order valence-electron chi connectivity index (χ3n) is 6.95. The van der Waals surface area contributed by atoms with Crippen molar-refractivity contribution in [2.75, 3.05) is 38.3 Å². The van der Waals surface area contributed by atoms with Crippen LogP contribution in [0.2, 0.25) is 0 Å². The summed E-state index contributed by atoms with van der Waals surface area (Å²) in [5.74, 6) is -1.54. The Kier molecular flexibility index (Phi) is 7.04. The van der Waals surface area contributed by atoms with Gasteiger partial charge < -0.3 is 24.4 Å². The number of hydrogen-bond acceptors (Lipinski definition) is 7. The average Bonchev–Trinajstić information content (AvgIpc) is 3.49. The van der Waals surface area contributed by atoms with E-state index in [9.17, 15) is 19.5 Å². The van der Waals surface area contributed by atoms with Gasteiger partial charge in [-0.25, -0.2) is 0 Å². The summed E-state index contributed by atoms with van der Waals surface area (Å²) < 4.78 is 9.83. The Balaban J connectivity index is 1.72. The number of methoxy groups -OCH3 is 1. The predicted octanol–water partition coefficient (Wildman–Crippen LogP) is 2.03. The molecule has 4 rings (SSSR count). The first-order chi connectivity index (χ1) is 16.4. The zero-order chi connectivity index (χ0) is 24.5. The molecule has 34 heavy (non-hydrogen) atoms. The number of esters is 1. The topological polar surface area (TPSA) is 96.4 Å². The SMILES string of the molecule is C=CCOC(=O)[C@@H]1[C@@H]2CCC3(S2)C(C(=O)N(CC=C)c2ccc(OC)cc2)N(CCO)C(=O)[C@H]13. The maximum atomic E-state index is 14.1. The second-order valence-electron chi connectivity index (χ2n) is 8.67. The highest BCUT2D eigenvalue weighted by molar-refractivity contribution is 8.02. The van der Waals surface area contributed by atoms with Gasteiger partial charge >= 0.3 is 5.97 Å². The minimum atomic E-state index is -0.800. The van der Waals surface area contributed by atoms with Crippen molar-refractivity contribution in [3.8, 4) is 5.75 Å². The number of anilines is 1. The van der Waals surface area contributed by atoms with Crippen LogP contribution in [0.25, 0.3) is 0 Å². The van der Waals surface area contributed by atoms with E-state index in [1.54, 1.807) is 54.1 Å². The molecule has 3 fully saturated rings. The molecule has 3 aliphatic heterocycles. The summed E-state index contributed by atoms with van der Waals surface area (Å²) in [5.41, 5.74) is 0.654. The number of hydrogen-bond donors (Lipinski definition) is 1. The molecule has 1 aromatic carbocycles. The number of aliphatic hydroxyl groups excluding tert-OH is 1. The molecule has 1 N–H and O–H groups in total. The third kappa shape index (κ3) is 3.80. The lowest BCUT2D eigenvalue weighted by Gasteiger charge is -2.37. The van der Waals surface area contributed by atoms with Gasteiger partial charge in [-0.05, 0) is 37.1 Å². The standard InChI is InChI=1S/C25H30N2O6S/c1-4-12-26(16-6-8-17(32-3)9-7-16)23(30)21-25-11-10-18(34-25)19(24(31)33-15-5-2)20(25)22(29)27(21)13-14-28/h4-9,18-21,28H,1-2,10-15H2,3H3/t18-,19+,20-,21?,25?/m0/s1. The molecule has 3 aliphatic rings. The van der Waals surface area contributed by atoms with E-state index in [-0.39, 0.29) is 43.4 Å². The third-order valence-corrected chi connectivity index (χ3v) is 8.90. The van der Waals surface area contributed by atoms with Crippen LogP contribution in [0, 0.1) is 11.8 Å². The van der Waals surface area contributed by atoms with Crippen LogP contribution in [0.1, 0.15) is 12.8 Å². The Morgan fingerprint density at radius 3 is 2.65 bits per heavy atom. The highest BCUT2D eigenvalue weighted by Crippen LogP contribution is 2.66. The van der Waals surface area contributed by atoms with Gasteiger partial charge in [0.05, 0.1) is 30.3 Å². The Labute approximate surface area is 203 Å². The lowest BCUT2D eigenvalue weighted by atomic mass is 9.71. The summed E-state index contributed by atoms with van der Waals surface area (Å²) in [6, 6.07) is 6.32. The first-order valence-corrected chi connectivity index (χ1v) is 12.2. The number of fused-ring (bicyclic) bond motifs is 1. The van der Waals surface area contributed by atoms with Crippen molar-refractivity contribution in [2.24, 2.45) is 11.8 Å². The fourth-order valence-electron chi connectivity index (χ4n) is 5.65. The number of aliphatic hydroxyl groups is 1. The minimum Gasteiger partial charge on any atom is -0.497 e. The average molecular weight is 487 g/mol. The van der Waals surface area contributed by atoms with Crippen molar-refractivity contribution in [1.82, 2.24) is 4.90 Å². The second kappa shape index (κ2) is 9.84. The lowest BCUT2D eigenvalue weighted by molar-refractivity contribution is -0.153. The van der Waals surface area contributed by atoms with Crippen LogP contribution in [0.15, 0.2) is 49.6 Å². The Bertz CT molecular complexity index is 982. The molecule has 0 saturated carbocycles. The van der Waals surface area contributed by atoms with Gasteiger partial charge in [-0.2, -0.15) is 0 Å². The Hall–Kier alpha value is -2.78. The predicted molar refractivity (Wildman–Crippen MR) is 130 cm³/mol. The molecule has 0 aromatic heterocycles. The van der Waals surface area contributed by atoms with Crippen molar-refractivity contribution in [3.05, 3.63) is 49.6 Å². The number of benzene rings is 1. The maximum absolute atomic E-state index is 14.1. The quantitative estimate of drug-likeness (QED) is 0.399. The van der Waals surface area contributed by atoms with E-state index in [0.29, 0.717) is 17.9 Å². The van der Waals surface area contributed by atoms with Crippen molar-refractivity contribution in [2.45, 2.75) is 28.9 Å². The Morgan fingerprint density at radius 2 is 2.03 bits per heavy atom. The number of thioether (sulfide) groups is 1. The molecule has 1 aromatic rings. The van der Waals surface area contributed by atoms with E-state index < -0.39 is 28.6 Å². The van der Waals surface area contributed by atoms with Crippen molar-refractivity contribution in [1.29, 1.82) is 0 Å². The summed E-state index contributed by atoms with van der Waals surface area (Å²) in [5, 5.41) is 9.65. The summed E-state index contributed by atoms with van der Waals surface area (Å²) in [7, 11) is 1.57. The van der Waals surface area contributed by atoms with E-state index >= 15 is 0 Å². The van der Waals surface area contributed by atoms with Crippen LogP contribution in [0.5, 0.6) is 5.75 Å². The summed E-state index contributed by atoms with van der Waals surface area (Å²) in [6.07, 6.45) is 4.51. The number of rotatable bonds is 10. The van der Waals surface area contributed by atoms with Crippen LogP contribution >= 0.6 is 11.8 Å². The molecule has 3 heterocycles. The molecule has 0 radical (unpaired) electrons. The van der Waals surface area contributed by atoms with Crippen LogP contribution in [-0.2, 0) is 19.1 Å². The van der Waals surface area contributed by atoms with Gasteiger partial charge in [-0.3, -0.25) is 14.4 Å². The van der Waals surface area contributed by atoms with Gasteiger partial charge in [0.2, 0.25) is 5.91 Å².